The molecular weight excluding hydrogens is 807 g/mol. The van der Waals surface area contributed by atoms with E-state index in [9.17, 15) is 60.7 Å². The Hall–Kier alpha value is -4.60. The first-order valence-corrected chi connectivity index (χ1v) is 20.0. The highest BCUT2D eigenvalue weighted by Gasteiger charge is 2.37. The van der Waals surface area contributed by atoms with Gasteiger partial charge in [-0.05, 0) is 65.6 Å². The zero-order chi connectivity index (χ0) is 46.7. The lowest BCUT2D eigenvalue weighted by Crippen LogP contribution is -2.52. The molecule has 1 heterocycles. The Balaban J connectivity index is 1.59. The van der Waals surface area contributed by atoms with Crippen molar-refractivity contribution < 1.29 is 70.9 Å². The van der Waals surface area contributed by atoms with E-state index in [0.29, 0.717) is 0 Å². The lowest BCUT2D eigenvalue weighted by molar-refractivity contribution is -0.139. The first-order chi connectivity index (χ1) is 29.0. The molecule has 0 aromatic heterocycles. The summed E-state index contributed by atoms with van der Waals surface area (Å²) in [7, 11) is 0. The second-order valence-electron chi connectivity index (χ2n) is 16.4. The Morgan fingerprint density at radius 1 is 0.677 bits per heavy atom. The van der Waals surface area contributed by atoms with Crippen molar-refractivity contribution in [1.29, 1.82) is 0 Å². The van der Waals surface area contributed by atoms with Crippen molar-refractivity contribution in [2.45, 2.75) is 106 Å². The van der Waals surface area contributed by atoms with Crippen molar-refractivity contribution >= 4 is 17.5 Å². The molecule has 1 aliphatic rings. The van der Waals surface area contributed by atoms with Gasteiger partial charge in [0, 0.05) is 46.4 Å². The van der Waals surface area contributed by atoms with Crippen LogP contribution in [0.5, 0.6) is 0 Å². The molecule has 342 valence electrons. The molecule has 62 heavy (non-hydrogen) atoms. The first-order valence-electron chi connectivity index (χ1n) is 20.0. The van der Waals surface area contributed by atoms with Crippen molar-refractivity contribution in [1.82, 2.24) is 10.6 Å². The van der Waals surface area contributed by atoms with Crippen LogP contribution in [-0.4, -0.2) is 160 Å². The van der Waals surface area contributed by atoms with Crippen LogP contribution < -0.4 is 16.0 Å². The molecule has 2 aromatic rings. The van der Waals surface area contributed by atoms with E-state index in [1.165, 1.54) is 0 Å². The van der Waals surface area contributed by atoms with Crippen molar-refractivity contribution in [2.24, 2.45) is 0 Å². The van der Waals surface area contributed by atoms with Gasteiger partial charge >= 0.3 is 0 Å². The van der Waals surface area contributed by atoms with Crippen LogP contribution >= 0.6 is 0 Å². The molecule has 0 saturated heterocycles. The van der Waals surface area contributed by atoms with Gasteiger partial charge in [0.05, 0.1) is 25.4 Å². The van der Waals surface area contributed by atoms with E-state index in [1.807, 2.05) is 77.2 Å². The van der Waals surface area contributed by atoms with Gasteiger partial charge in [-0.15, -0.1) is 0 Å². The molecule has 17 nitrogen and oxygen atoms in total. The fourth-order valence-electron chi connectivity index (χ4n) is 6.71. The number of carbonyl (C=O) groups is 2. The fraction of sp³-hybridized carbons (Fsp3) is 0.467. The van der Waals surface area contributed by atoms with E-state index < -0.39 is 110 Å². The van der Waals surface area contributed by atoms with Gasteiger partial charge < -0.3 is 77.2 Å². The SMILES string of the molecule is C=C(/C=C/C=C/C=C/C=C1/Nc2ccc(C(=O)NCC(O)C(O)C(O)C(O)C(O)CO)cc2C1(C)C)C(C)(C)c1cc(C(=O)NCC(O)C(O)C(O)C(O)C(O)CO)ccc1C. The maximum Gasteiger partial charge on any atom is 0.251 e. The molecule has 0 saturated carbocycles. The molecule has 10 atom stereocenters. The van der Waals surface area contributed by atoms with Gasteiger partial charge in [0.2, 0.25) is 0 Å². The third-order valence-electron chi connectivity index (χ3n) is 11.2. The van der Waals surface area contributed by atoms with Crippen LogP contribution in [0.4, 0.5) is 5.69 Å². The predicted molar refractivity (Wildman–Crippen MR) is 231 cm³/mol. The number of carbonyl (C=O) groups excluding carboxylic acids is 2. The maximum atomic E-state index is 13.0. The quantitative estimate of drug-likeness (QED) is 0.0621. The topological polar surface area (TPSA) is 313 Å². The molecule has 0 bridgehead atoms. The Morgan fingerprint density at radius 2 is 1.13 bits per heavy atom. The molecule has 3 rings (SSSR count). The molecule has 2 aromatic carbocycles. The number of amides is 2. The van der Waals surface area contributed by atoms with Crippen LogP contribution in [0.1, 0.15) is 65.1 Å². The molecule has 0 radical (unpaired) electrons. The van der Waals surface area contributed by atoms with Crippen LogP contribution in [0.3, 0.4) is 0 Å². The summed E-state index contributed by atoms with van der Waals surface area (Å²) in [5, 5.41) is 126. The number of hydrogen-bond donors (Lipinski definition) is 15. The van der Waals surface area contributed by atoms with Gasteiger partial charge in [0.1, 0.15) is 48.8 Å². The highest BCUT2D eigenvalue weighted by Crippen LogP contribution is 2.43. The minimum Gasteiger partial charge on any atom is -0.394 e. The van der Waals surface area contributed by atoms with E-state index >= 15 is 0 Å². The standard InChI is InChI=1S/C45H63N3O14/c1-24-14-15-26(42(61)46-20-31(51)36(55)40(59)38(57)33(53)22-49)18-28(24)44(3,4)25(2)12-10-8-7-9-11-13-35-45(5,6)29-19-27(16-17-30(29)48-35)43(62)47-21-32(52)37(56)41(60)39(58)34(54)23-50/h7-19,31-34,36-41,48-60H,2,20-23H2,1,3-6H3,(H,46,61)(H,47,62)/b8-7+,11-9+,12-10+,35-13+. The number of hydrogen-bond acceptors (Lipinski definition) is 15. The highest BCUT2D eigenvalue weighted by atomic mass is 16.4. The number of aryl methyl sites for hydroxylation is 1. The Labute approximate surface area is 361 Å². The summed E-state index contributed by atoms with van der Waals surface area (Å²) in [6.07, 6.45) is -5.53. The normalized spacial score (nSPS) is 19.6. The number of fused-ring (bicyclic) bond motifs is 1. The third-order valence-corrected chi connectivity index (χ3v) is 11.2. The Morgan fingerprint density at radius 3 is 1.65 bits per heavy atom. The molecule has 0 spiro atoms. The Bertz CT molecular complexity index is 1980. The summed E-state index contributed by atoms with van der Waals surface area (Å²) in [5.41, 5.74) is 4.38. The van der Waals surface area contributed by atoms with Gasteiger partial charge in [-0.3, -0.25) is 9.59 Å². The molecular formula is C45H63N3O14. The second-order valence-corrected chi connectivity index (χ2v) is 16.4. The lowest BCUT2D eigenvalue weighted by atomic mass is 9.75. The minimum absolute atomic E-state index is 0.269. The largest absolute Gasteiger partial charge is 0.394 e. The molecule has 2 amide bonds. The monoisotopic (exact) mass is 869 g/mol. The van der Waals surface area contributed by atoms with Crippen molar-refractivity contribution in [2.75, 3.05) is 31.6 Å². The number of nitrogens with one attached hydrogen (secondary N) is 3. The van der Waals surface area contributed by atoms with Crippen LogP contribution in [0.25, 0.3) is 0 Å². The van der Waals surface area contributed by atoms with Gasteiger partial charge in [-0.2, -0.15) is 0 Å². The summed E-state index contributed by atoms with van der Waals surface area (Å²) >= 11 is 0. The Kier molecular flexibility index (Phi) is 18.9. The fourth-order valence-corrected chi connectivity index (χ4v) is 6.71. The minimum atomic E-state index is -1.98. The number of anilines is 1. The summed E-state index contributed by atoms with van der Waals surface area (Å²) in [6.45, 7) is 11.4. The maximum absolute atomic E-state index is 13.0. The molecule has 1 aliphatic heterocycles. The van der Waals surface area contributed by atoms with E-state index in [2.05, 4.69) is 22.5 Å². The van der Waals surface area contributed by atoms with Gasteiger partial charge in [0.25, 0.3) is 11.8 Å². The van der Waals surface area contributed by atoms with Crippen molar-refractivity contribution in [3.63, 3.8) is 0 Å². The molecule has 15 N–H and O–H groups in total. The summed E-state index contributed by atoms with van der Waals surface area (Å²) in [6, 6.07) is 10.1. The summed E-state index contributed by atoms with van der Waals surface area (Å²) in [4.78, 5) is 26.0. The average molecular weight is 870 g/mol. The lowest BCUT2D eigenvalue weighted by Gasteiger charge is -2.29. The molecule has 17 heteroatoms. The molecule has 0 aliphatic carbocycles. The summed E-state index contributed by atoms with van der Waals surface area (Å²) in [5.74, 6) is -1.12. The predicted octanol–water partition coefficient (Wildman–Crippen LogP) is -1.16. The summed E-state index contributed by atoms with van der Waals surface area (Å²) < 4.78 is 0. The number of benzene rings is 2. The van der Waals surface area contributed by atoms with Crippen molar-refractivity contribution in [3.8, 4) is 0 Å². The van der Waals surface area contributed by atoms with E-state index in [4.69, 9.17) is 10.2 Å². The number of aliphatic hydroxyl groups excluding tert-OH is 12. The zero-order valence-corrected chi connectivity index (χ0v) is 35.5. The second kappa shape index (κ2) is 22.7. The van der Waals surface area contributed by atoms with Gasteiger partial charge in [-0.25, -0.2) is 0 Å². The van der Waals surface area contributed by atoms with E-state index in [1.54, 1.807) is 36.4 Å². The first kappa shape index (κ1) is 51.7. The van der Waals surface area contributed by atoms with Crippen LogP contribution in [0, 0.1) is 6.92 Å². The van der Waals surface area contributed by atoms with Crippen molar-refractivity contribution in [3.05, 3.63) is 125 Å². The van der Waals surface area contributed by atoms with Crippen LogP contribution in [0.15, 0.2) is 96.8 Å². The van der Waals surface area contributed by atoms with Crippen LogP contribution in [0.2, 0.25) is 0 Å². The van der Waals surface area contributed by atoms with E-state index in [-0.39, 0.29) is 11.1 Å². The third kappa shape index (κ3) is 12.7. The van der Waals surface area contributed by atoms with Crippen LogP contribution in [-0.2, 0) is 10.8 Å². The number of allylic oxidation sites excluding steroid dienone is 9. The van der Waals surface area contributed by atoms with E-state index in [0.717, 1.165) is 33.6 Å². The van der Waals surface area contributed by atoms with Gasteiger partial charge in [0.15, 0.2) is 0 Å². The molecule has 10 unspecified atom stereocenters. The molecule has 0 fully saturated rings. The number of rotatable bonds is 22. The number of aliphatic hydroxyl groups is 12. The smallest absolute Gasteiger partial charge is 0.251 e. The van der Waals surface area contributed by atoms with Gasteiger partial charge in [-0.1, -0.05) is 76.8 Å². The highest BCUT2D eigenvalue weighted by molar-refractivity contribution is 5.95. The zero-order valence-electron chi connectivity index (χ0n) is 35.5. The average Bonchev–Trinajstić information content (AvgIpc) is 3.51.